The number of carbonyl (C=O) groups excluding carboxylic acids is 3. The number of hydrogen-bond acceptors (Lipinski definition) is 6. The third kappa shape index (κ3) is 6.93. The minimum atomic E-state index is -4.61. The topological polar surface area (TPSA) is 110 Å². The van der Waals surface area contributed by atoms with Crippen LogP contribution in [-0.4, -0.2) is 53.6 Å². The number of nitrogens with zero attached hydrogens (tertiary/aromatic N) is 1. The van der Waals surface area contributed by atoms with Gasteiger partial charge in [-0.25, -0.2) is 4.79 Å². The van der Waals surface area contributed by atoms with E-state index in [1.54, 1.807) is 0 Å². The summed E-state index contributed by atoms with van der Waals surface area (Å²) in [5.74, 6) is -5.18. The number of hydrogen-bond donors (Lipinski definition) is 1. The van der Waals surface area contributed by atoms with Gasteiger partial charge in [-0.15, -0.1) is 11.6 Å². The summed E-state index contributed by atoms with van der Waals surface area (Å²) in [6, 6.07) is 3.37. The molecular formula is C17H17ClF3NO7. The van der Waals surface area contributed by atoms with E-state index < -0.39 is 47.8 Å². The lowest BCUT2D eigenvalue weighted by Crippen LogP contribution is -2.52. The fourth-order valence-corrected chi connectivity index (χ4v) is 2.45. The zero-order valence-electron chi connectivity index (χ0n) is 15.2. The molecule has 0 saturated carbocycles. The summed E-state index contributed by atoms with van der Waals surface area (Å²) in [7, 11) is 0. The first-order valence-corrected chi connectivity index (χ1v) is 8.53. The van der Waals surface area contributed by atoms with Crippen LogP contribution in [0.1, 0.15) is 19.4 Å². The van der Waals surface area contributed by atoms with Crippen molar-refractivity contribution in [2.45, 2.75) is 32.2 Å². The number of esters is 2. The number of carbonyl (C=O) groups is 4. The number of anilines is 1. The van der Waals surface area contributed by atoms with Gasteiger partial charge in [-0.3, -0.25) is 14.4 Å². The van der Waals surface area contributed by atoms with E-state index >= 15 is 0 Å². The van der Waals surface area contributed by atoms with E-state index in [2.05, 4.69) is 4.74 Å². The lowest BCUT2D eigenvalue weighted by atomic mass is 10.1. The van der Waals surface area contributed by atoms with Crippen molar-refractivity contribution in [3.63, 3.8) is 0 Å². The fourth-order valence-electron chi connectivity index (χ4n) is 2.28. The van der Waals surface area contributed by atoms with Crippen LogP contribution in [-0.2, 0) is 34.8 Å². The molecule has 1 aromatic carbocycles. The molecular weight excluding hydrogens is 423 g/mol. The van der Waals surface area contributed by atoms with Crippen LogP contribution in [0, 0.1) is 0 Å². The molecule has 0 aliphatic carbocycles. The highest BCUT2D eigenvalue weighted by molar-refractivity contribution is 6.18. The Hall–Kier alpha value is -2.82. The van der Waals surface area contributed by atoms with Crippen molar-refractivity contribution < 1.29 is 46.9 Å². The molecule has 0 aliphatic heterocycles. The van der Waals surface area contributed by atoms with Gasteiger partial charge in [-0.1, -0.05) is 0 Å². The van der Waals surface area contributed by atoms with E-state index in [1.807, 2.05) is 0 Å². The molecule has 0 bridgehead atoms. The summed E-state index contributed by atoms with van der Waals surface area (Å²) < 4.78 is 47.6. The summed E-state index contributed by atoms with van der Waals surface area (Å²) in [4.78, 5) is 47.7. The highest BCUT2D eigenvalue weighted by Gasteiger charge is 2.42. The molecule has 2 atom stereocenters. The normalized spacial score (nSPS) is 13.2. The van der Waals surface area contributed by atoms with Crippen molar-refractivity contribution in [2.24, 2.45) is 0 Å². The first kappa shape index (κ1) is 24.2. The molecule has 0 saturated heterocycles. The van der Waals surface area contributed by atoms with Gasteiger partial charge in [0.05, 0.1) is 5.56 Å². The van der Waals surface area contributed by atoms with E-state index in [0.717, 1.165) is 30.9 Å². The van der Waals surface area contributed by atoms with Gasteiger partial charge in [0.2, 0.25) is 12.2 Å². The highest BCUT2D eigenvalue weighted by Crippen LogP contribution is 2.31. The maximum atomic E-state index is 12.9. The Morgan fingerprint density at radius 3 is 1.90 bits per heavy atom. The summed E-state index contributed by atoms with van der Waals surface area (Å²) >= 11 is 5.65. The molecule has 1 aromatic rings. The van der Waals surface area contributed by atoms with Gasteiger partial charge in [0.15, 0.2) is 0 Å². The van der Waals surface area contributed by atoms with Crippen molar-refractivity contribution in [1.82, 2.24) is 0 Å². The molecule has 29 heavy (non-hydrogen) atoms. The zero-order valence-corrected chi connectivity index (χ0v) is 16.0. The molecule has 0 unspecified atom stereocenters. The largest absolute Gasteiger partial charge is 0.478 e. The van der Waals surface area contributed by atoms with Crippen LogP contribution in [0.15, 0.2) is 24.3 Å². The second-order valence-electron chi connectivity index (χ2n) is 5.62. The Morgan fingerprint density at radius 1 is 1.03 bits per heavy atom. The molecule has 1 N–H and O–H groups in total. The van der Waals surface area contributed by atoms with Gasteiger partial charge < -0.3 is 19.5 Å². The lowest BCUT2D eigenvalue weighted by Gasteiger charge is -2.29. The maximum absolute atomic E-state index is 12.9. The van der Waals surface area contributed by atoms with Crippen LogP contribution < -0.4 is 4.90 Å². The molecule has 0 spiro atoms. The zero-order chi connectivity index (χ0) is 22.4. The maximum Gasteiger partial charge on any atom is 0.416 e. The molecule has 8 nitrogen and oxygen atoms in total. The van der Waals surface area contributed by atoms with E-state index in [4.69, 9.17) is 16.3 Å². The quantitative estimate of drug-likeness (QED) is 0.488. The molecule has 0 fully saturated rings. The van der Waals surface area contributed by atoms with E-state index in [1.165, 1.54) is 0 Å². The number of rotatable bonds is 8. The number of benzene rings is 1. The number of alkyl halides is 4. The SMILES string of the molecule is CC(=O)O[C@@H](C(=O)O)[C@@H](OC(C)=O)C(=O)N(CCCl)c1ccc(C(F)(F)F)cc1. The number of amides is 1. The Morgan fingerprint density at radius 2 is 1.52 bits per heavy atom. The number of carboxylic acid groups (broad SMARTS) is 1. The first-order valence-electron chi connectivity index (χ1n) is 8.00. The third-order valence-electron chi connectivity index (χ3n) is 3.43. The number of aliphatic carboxylic acids is 1. The minimum Gasteiger partial charge on any atom is -0.478 e. The lowest BCUT2D eigenvalue weighted by molar-refractivity contribution is -0.180. The van der Waals surface area contributed by atoms with Gasteiger partial charge in [-0.2, -0.15) is 13.2 Å². The molecule has 1 amide bonds. The van der Waals surface area contributed by atoms with E-state index in [0.29, 0.717) is 12.1 Å². The van der Waals surface area contributed by atoms with Crippen molar-refractivity contribution >= 4 is 41.1 Å². The van der Waals surface area contributed by atoms with Crippen molar-refractivity contribution in [3.8, 4) is 0 Å². The molecule has 0 aromatic heterocycles. The molecule has 0 radical (unpaired) electrons. The minimum absolute atomic E-state index is 0.0623. The van der Waals surface area contributed by atoms with Crippen LogP contribution in [0.3, 0.4) is 0 Å². The number of ether oxygens (including phenoxy) is 2. The second kappa shape index (κ2) is 10.1. The molecule has 0 heterocycles. The van der Waals surface area contributed by atoms with E-state index in [-0.39, 0.29) is 18.1 Å². The highest BCUT2D eigenvalue weighted by atomic mass is 35.5. The summed E-state index contributed by atoms with van der Waals surface area (Å²) in [6.45, 7) is 1.53. The van der Waals surface area contributed by atoms with Crippen molar-refractivity contribution in [2.75, 3.05) is 17.3 Å². The first-order chi connectivity index (χ1) is 13.4. The third-order valence-corrected chi connectivity index (χ3v) is 3.60. The van der Waals surface area contributed by atoms with Gasteiger partial charge in [0, 0.05) is 32.0 Å². The molecule has 0 aliphatic rings. The van der Waals surface area contributed by atoms with Crippen molar-refractivity contribution in [1.29, 1.82) is 0 Å². The predicted octanol–water partition coefficient (Wildman–Crippen LogP) is 2.23. The number of halogens is 4. The molecule has 12 heteroatoms. The summed E-state index contributed by atoms with van der Waals surface area (Å²) in [5.41, 5.74) is -1.04. The Labute approximate surface area is 168 Å². The molecule has 160 valence electrons. The Bertz CT molecular complexity index is 767. The van der Waals surface area contributed by atoms with Crippen LogP contribution in [0.2, 0.25) is 0 Å². The predicted molar refractivity (Wildman–Crippen MR) is 93.3 cm³/mol. The van der Waals surface area contributed by atoms with Gasteiger partial charge in [-0.05, 0) is 24.3 Å². The summed E-state index contributed by atoms with van der Waals surface area (Å²) in [5, 5.41) is 9.27. The smallest absolute Gasteiger partial charge is 0.416 e. The van der Waals surface area contributed by atoms with Crippen molar-refractivity contribution in [3.05, 3.63) is 29.8 Å². The van der Waals surface area contributed by atoms with Gasteiger partial charge in [0.25, 0.3) is 5.91 Å². The molecule has 1 rings (SSSR count). The Balaban J connectivity index is 3.34. The standard InChI is InChI=1S/C17H17ClF3NO7/c1-9(23)28-13(14(16(26)27)29-10(2)24)15(25)22(8-7-18)12-5-3-11(4-6-12)17(19,20)21/h3-6,13-14H,7-8H2,1-2H3,(H,26,27)/t13-,14-/m1/s1. The average Bonchev–Trinajstić information content (AvgIpc) is 2.61. The van der Waals surface area contributed by atoms with Gasteiger partial charge in [0.1, 0.15) is 0 Å². The van der Waals surface area contributed by atoms with Gasteiger partial charge >= 0.3 is 24.1 Å². The average molecular weight is 440 g/mol. The van der Waals surface area contributed by atoms with Crippen LogP contribution in [0.25, 0.3) is 0 Å². The monoisotopic (exact) mass is 439 g/mol. The van der Waals surface area contributed by atoms with Crippen LogP contribution in [0.4, 0.5) is 18.9 Å². The number of carboxylic acids is 1. The fraction of sp³-hybridized carbons (Fsp3) is 0.412. The van der Waals surface area contributed by atoms with Crippen LogP contribution in [0.5, 0.6) is 0 Å². The summed E-state index contributed by atoms with van der Waals surface area (Å²) in [6.07, 6.45) is -8.86. The Kier molecular flexibility index (Phi) is 8.43. The second-order valence-corrected chi connectivity index (χ2v) is 6.00. The van der Waals surface area contributed by atoms with Crippen LogP contribution >= 0.6 is 11.6 Å². The van der Waals surface area contributed by atoms with E-state index in [9.17, 15) is 37.5 Å².